The normalized spacial score (nSPS) is 17.1. The number of nitrogens with zero attached hydrogens (tertiary/aromatic N) is 1. The number of hydrogen-bond acceptors (Lipinski definition) is 2. The summed E-state index contributed by atoms with van der Waals surface area (Å²) in [5.74, 6) is -1.08. The van der Waals surface area contributed by atoms with Gasteiger partial charge in [0, 0.05) is 13.1 Å². The number of hydrogen-bond donors (Lipinski definition) is 2. The van der Waals surface area contributed by atoms with Crippen molar-refractivity contribution in [1.82, 2.24) is 10.2 Å². The predicted octanol–water partition coefficient (Wildman–Crippen LogP) is 2.87. The maximum atomic E-state index is 12.3. The van der Waals surface area contributed by atoms with Crippen LogP contribution in [0.4, 0.5) is 4.79 Å². The molecule has 2 rings (SSSR count). The number of carbonyl (C=O) groups is 2. The maximum absolute atomic E-state index is 12.3. The molecule has 1 aromatic carbocycles. The Balaban J connectivity index is 1.93. The van der Waals surface area contributed by atoms with Crippen molar-refractivity contribution in [2.24, 2.45) is 5.92 Å². The number of aliphatic carboxylic acids is 1. The van der Waals surface area contributed by atoms with E-state index in [4.69, 9.17) is 5.11 Å². The van der Waals surface area contributed by atoms with Crippen molar-refractivity contribution in [3.05, 3.63) is 34.9 Å². The third kappa shape index (κ3) is 3.78. The molecule has 5 heteroatoms. The van der Waals surface area contributed by atoms with Gasteiger partial charge in [-0.15, -0.1) is 0 Å². The Hall–Kier alpha value is -2.04. The van der Waals surface area contributed by atoms with Gasteiger partial charge in [0.2, 0.25) is 0 Å². The maximum Gasteiger partial charge on any atom is 0.317 e. The number of likely N-dealkylation sites (tertiary alicyclic amines) is 1. The molecule has 1 aromatic rings. The zero-order chi connectivity index (χ0) is 16.3. The zero-order valence-corrected chi connectivity index (χ0v) is 13.4. The second-order valence-corrected chi connectivity index (χ2v) is 6.13. The summed E-state index contributed by atoms with van der Waals surface area (Å²) in [5.41, 5.74) is 3.48. The van der Waals surface area contributed by atoms with Gasteiger partial charge in [-0.2, -0.15) is 0 Å². The molecule has 2 N–H and O–H groups in total. The van der Waals surface area contributed by atoms with Crippen molar-refractivity contribution in [2.45, 2.75) is 39.7 Å². The van der Waals surface area contributed by atoms with Gasteiger partial charge in [0.25, 0.3) is 0 Å². The fraction of sp³-hybridized carbons (Fsp3) is 0.529. The van der Waals surface area contributed by atoms with Gasteiger partial charge in [-0.3, -0.25) is 4.79 Å². The van der Waals surface area contributed by atoms with Crippen LogP contribution in [0.15, 0.2) is 18.2 Å². The summed E-state index contributed by atoms with van der Waals surface area (Å²) in [6.07, 6.45) is 1.06. The smallest absolute Gasteiger partial charge is 0.317 e. The minimum Gasteiger partial charge on any atom is -0.481 e. The van der Waals surface area contributed by atoms with Crippen molar-refractivity contribution < 1.29 is 14.7 Å². The standard InChI is InChI=1S/C17H24N2O3/c1-11-4-5-15(12(2)10-11)13(3)18-17(22)19-8-6-14(7-9-19)16(20)21/h4-5,10,13-14H,6-9H2,1-3H3,(H,18,22)(H,20,21). The van der Waals surface area contributed by atoms with E-state index in [1.54, 1.807) is 4.90 Å². The number of carbonyl (C=O) groups excluding carboxylic acids is 1. The molecule has 0 saturated carbocycles. The van der Waals surface area contributed by atoms with Crippen LogP contribution in [-0.2, 0) is 4.79 Å². The average molecular weight is 304 g/mol. The molecule has 1 unspecified atom stereocenters. The Morgan fingerprint density at radius 1 is 1.27 bits per heavy atom. The highest BCUT2D eigenvalue weighted by molar-refractivity contribution is 5.76. The SMILES string of the molecule is Cc1ccc(C(C)NC(=O)N2CCC(C(=O)O)CC2)c(C)c1. The summed E-state index contributed by atoms with van der Waals surface area (Å²) in [5, 5.41) is 12.0. The third-order valence-corrected chi connectivity index (χ3v) is 4.36. The van der Waals surface area contributed by atoms with Crippen molar-refractivity contribution in [3.63, 3.8) is 0 Å². The molecule has 1 heterocycles. The molecule has 120 valence electrons. The fourth-order valence-electron chi connectivity index (χ4n) is 3.00. The molecule has 0 radical (unpaired) electrons. The lowest BCUT2D eigenvalue weighted by atomic mass is 9.97. The van der Waals surface area contributed by atoms with Crippen LogP contribution in [0.1, 0.15) is 42.5 Å². The first-order valence-electron chi connectivity index (χ1n) is 7.74. The molecule has 0 bridgehead atoms. The lowest BCUT2D eigenvalue weighted by molar-refractivity contribution is -0.143. The zero-order valence-electron chi connectivity index (χ0n) is 13.4. The number of aryl methyl sites for hydroxylation is 2. The van der Waals surface area contributed by atoms with Crippen molar-refractivity contribution in [3.8, 4) is 0 Å². The van der Waals surface area contributed by atoms with E-state index in [1.807, 2.05) is 32.9 Å². The first kappa shape index (κ1) is 16.3. The number of benzene rings is 1. The highest BCUT2D eigenvalue weighted by Gasteiger charge is 2.27. The molecule has 1 aliphatic rings. The predicted molar refractivity (Wildman–Crippen MR) is 84.8 cm³/mol. The number of urea groups is 1. The average Bonchev–Trinajstić information content (AvgIpc) is 2.47. The first-order chi connectivity index (χ1) is 10.4. The largest absolute Gasteiger partial charge is 0.481 e. The van der Waals surface area contributed by atoms with Crippen LogP contribution >= 0.6 is 0 Å². The number of rotatable bonds is 3. The van der Waals surface area contributed by atoms with Crippen LogP contribution in [-0.4, -0.2) is 35.1 Å². The number of amides is 2. The van der Waals surface area contributed by atoms with Crippen LogP contribution < -0.4 is 5.32 Å². The van der Waals surface area contributed by atoms with Gasteiger partial charge in [0.15, 0.2) is 0 Å². The van der Waals surface area contributed by atoms with Gasteiger partial charge in [-0.1, -0.05) is 23.8 Å². The lowest BCUT2D eigenvalue weighted by Gasteiger charge is -2.31. The van der Waals surface area contributed by atoms with Crippen molar-refractivity contribution >= 4 is 12.0 Å². The second-order valence-electron chi connectivity index (χ2n) is 6.13. The van der Waals surface area contributed by atoms with Gasteiger partial charge in [-0.05, 0) is 44.7 Å². The number of piperidine rings is 1. The molecular formula is C17H24N2O3. The van der Waals surface area contributed by atoms with Crippen molar-refractivity contribution in [1.29, 1.82) is 0 Å². The lowest BCUT2D eigenvalue weighted by Crippen LogP contribution is -2.46. The molecule has 0 spiro atoms. The van der Waals surface area contributed by atoms with E-state index in [0.29, 0.717) is 25.9 Å². The van der Waals surface area contributed by atoms with Gasteiger partial charge in [0.05, 0.1) is 12.0 Å². The number of nitrogens with one attached hydrogen (secondary N) is 1. The van der Waals surface area contributed by atoms with Crippen molar-refractivity contribution in [2.75, 3.05) is 13.1 Å². The van der Waals surface area contributed by atoms with Gasteiger partial charge in [0.1, 0.15) is 0 Å². The Bertz CT molecular complexity index is 563. The highest BCUT2D eigenvalue weighted by Crippen LogP contribution is 2.21. The fourth-order valence-corrected chi connectivity index (χ4v) is 3.00. The summed E-state index contributed by atoms with van der Waals surface area (Å²) in [4.78, 5) is 25.0. The summed E-state index contributed by atoms with van der Waals surface area (Å²) < 4.78 is 0. The first-order valence-corrected chi connectivity index (χ1v) is 7.74. The van der Waals surface area contributed by atoms with Gasteiger partial charge < -0.3 is 15.3 Å². The molecule has 22 heavy (non-hydrogen) atoms. The van der Waals surface area contributed by atoms with Crippen LogP contribution in [0, 0.1) is 19.8 Å². The summed E-state index contributed by atoms with van der Waals surface area (Å²) in [6, 6.07) is 6.02. The molecule has 1 aliphatic heterocycles. The van der Waals surface area contributed by atoms with E-state index in [2.05, 4.69) is 11.4 Å². The van der Waals surface area contributed by atoms with E-state index in [0.717, 1.165) is 11.1 Å². The Labute approximate surface area is 131 Å². The molecule has 5 nitrogen and oxygen atoms in total. The second kappa shape index (κ2) is 6.81. The quantitative estimate of drug-likeness (QED) is 0.902. The third-order valence-electron chi connectivity index (χ3n) is 4.36. The molecule has 1 fully saturated rings. The minimum absolute atomic E-state index is 0.0645. The van der Waals surface area contributed by atoms with Crippen LogP contribution in [0.5, 0.6) is 0 Å². The van der Waals surface area contributed by atoms with Crippen LogP contribution in [0.3, 0.4) is 0 Å². The highest BCUT2D eigenvalue weighted by atomic mass is 16.4. The Morgan fingerprint density at radius 2 is 1.91 bits per heavy atom. The Morgan fingerprint density at radius 3 is 2.45 bits per heavy atom. The molecule has 1 atom stereocenters. The molecule has 0 aromatic heterocycles. The number of carboxylic acids is 1. The molecular weight excluding hydrogens is 280 g/mol. The molecule has 2 amide bonds. The number of carboxylic acid groups (broad SMARTS) is 1. The van der Waals surface area contributed by atoms with Crippen LogP contribution in [0.2, 0.25) is 0 Å². The summed E-state index contributed by atoms with van der Waals surface area (Å²) in [6.45, 7) is 7.07. The van der Waals surface area contributed by atoms with Crippen LogP contribution in [0.25, 0.3) is 0 Å². The van der Waals surface area contributed by atoms with Gasteiger partial charge in [-0.25, -0.2) is 4.79 Å². The van der Waals surface area contributed by atoms with Gasteiger partial charge >= 0.3 is 12.0 Å². The van der Waals surface area contributed by atoms with E-state index >= 15 is 0 Å². The van der Waals surface area contributed by atoms with E-state index in [9.17, 15) is 9.59 Å². The van der Waals surface area contributed by atoms with E-state index in [-0.39, 0.29) is 18.0 Å². The molecule has 1 saturated heterocycles. The topological polar surface area (TPSA) is 69.6 Å². The molecule has 0 aliphatic carbocycles. The monoisotopic (exact) mass is 304 g/mol. The summed E-state index contributed by atoms with van der Waals surface area (Å²) >= 11 is 0. The van der Waals surface area contributed by atoms with E-state index < -0.39 is 5.97 Å². The van der Waals surface area contributed by atoms with E-state index in [1.165, 1.54) is 5.56 Å². The summed E-state index contributed by atoms with van der Waals surface area (Å²) in [7, 11) is 0. The minimum atomic E-state index is -0.760. The Kier molecular flexibility index (Phi) is 5.06.